The number of nitrogens with one attached hydrogen (secondary N) is 1. The summed E-state index contributed by atoms with van der Waals surface area (Å²) < 4.78 is 11.3. The Morgan fingerprint density at radius 1 is 0.743 bits per heavy atom. The van der Waals surface area contributed by atoms with E-state index in [9.17, 15) is 4.79 Å². The molecule has 1 aromatic heterocycles. The Morgan fingerprint density at radius 3 is 1.97 bits per heavy atom. The highest BCUT2D eigenvalue weighted by atomic mass is 16.5. The van der Waals surface area contributed by atoms with Gasteiger partial charge in [0.2, 0.25) is 11.9 Å². The number of amides is 1. The largest absolute Gasteiger partial charge is 0.383 e. The molecule has 8 heteroatoms. The van der Waals surface area contributed by atoms with E-state index in [0.717, 1.165) is 16.7 Å². The summed E-state index contributed by atoms with van der Waals surface area (Å²) >= 11 is 0. The van der Waals surface area contributed by atoms with Crippen molar-refractivity contribution in [3.8, 4) is 11.1 Å². The summed E-state index contributed by atoms with van der Waals surface area (Å²) in [6.07, 6.45) is 0. The van der Waals surface area contributed by atoms with Gasteiger partial charge in [-0.25, -0.2) is 4.98 Å². The average Bonchev–Trinajstić information content (AvgIpc) is 2.86. The van der Waals surface area contributed by atoms with Gasteiger partial charge in [0, 0.05) is 11.3 Å². The highest BCUT2D eigenvalue weighted by Crippen LogP contribution is 2.30. The molecule has 0 spiro atoms. The third-order valence-electron chi connectivity index (χ3n) is 5.18. The second kappa shape index (κ2) is 11.7. The minimum atomic E-state index is -0.237. The van der Waals surface area contributed by atoms with Gasteiger partial charge in [-0.05, 0) is 28.8 Å². The van der Waals surface area contributed by atoms with Crippen LogP contribution < -0.4 is 16.8 Å². The number of carbonyl (C=O) groups is 1. The van der Waals surface area contributed by atoms with Crippen molar-refractivity contribution in [3.63, 3.8) is 0 Å². The zero-order chi connectivity index (χ0) is 24.5. The number of carbonyl (C=O) groups excluding carboxylic acids is 1. The fourth-order valence-corrected chi connectivity index (χ4v) is 3.56. The molecule has 0 aliphatic rings. The number of rotatable bonds is 10. The second-order valence-electron chi connectivity index (χ2n) is 7.87. The average molecular weight is 470 g/mol. The van der Waals surface area contributed by atoms with E-state index in [0.29, 0.717) is 30.2 Å². The Hall–Kier alpha value is -4.27. The van der Waals surface area contributed by atoms with Gasteiger partial charge in [-0.15, -0.1) is 0 Å². The Morgan fingerprint density at radius 2 is 1.34 bits per heavy atom. The lowest BCUT2D eigenvalue weighted by Gasteiger charge is -2.13. The van der Waals surface area contributed by atoms with E-state index in [1.54, 1.807) is 12.1 Å². The number of nitrogens with zero attached hydrogens (tertiary/aromatic N) is 2. The molecule has 0 fully saturated rings. The van der Waals surface area contributed by atoms with Gasteiger partial charge in [0.1, 0.15) is 12.4 Å². The first-order chi connectivity index (χ1) is 17.1. The van der Waals surface area contributed by atoms with E-state index in [2.05, 4.69) is 15.3 Å². The Bertz CT molecular complexity index is 1250. The zero-order valence-corrected chi connectivity index (χ0v) is 19.2. The van der Waals surface area contributed by atoms with Gasteiger partial charge >= 0.3 is 0 Å². The summed E-state index contributed by atoms with van der Waals surface area (Å²) in [6.45, 7) is 0.983. The van der Waals surface area contributed by atoms with Gasteiger partial charge in [-0.1, -0.05) is 72.8 Å². The summed E-state index contributed by atoms with van der Waals surface area (Å²) in [7, 11) is 0. The standard InChI is InChI=1S/C27H27N5O3/c28-26-25(23(31-27(29)32-26)17-34-15-19-7-3-1-4-8-19)21-11-13-22(14-12-21)30-24(33)18-35-16-20-9-5-2-6-10-20/h1-14H,15-18H2,(H,30,33)(H4,28,29,31,32). The van der Waals surface area contributed by atoms with Gasteiger partial charge in [-0.3, -0.25) is 4.79 Å². The van der Waals surface area contributed by atoms with Crippen LogP contribution >= 0.6 is 0 Å². The first kappa shape index (κ1) is 23.9. The number of hydrogen-bond donors (Lipinski definition) is 3. The Labute approximate surface area is 203 Å². The smallest absolute Gasteiger partial charge is 0.250 e. The normalized spacial score (nSPS) is 10.7. The SMILES string of the molecule is Nc1nc(N)c(-c2ccc(NC(=O)COCc3ccccc3)cc2)c(COCc2ccccc2)n1. The van der Waals surface area contributed by atoms with Crippen molar-refractivity contribution in [1.29, 1.82) is 0 Å². The van der Waals surface area contributed by atoms with Crippen LogP contribution in [0.3, 0.4) is 0 Å². The van der Waals surface area contributed by atoms with E-state index in [1.165, 1.54) is 0 Å². The van der Waals surface area contributed by atoms with Crippen LogP contribution in [0.1, 0.15) is 16.8 Å². The molecule has 0 bridgehead atoms. The van der Waals surface area contributed by atoms with Crippen molar-refractivity contribution in [3.05, 3.63) is 102 Å². The van der Waals surface area contributed by atoms with E-state index in [-0.39, 0.29) is 30.9 Å². The van der Waals surface area contributed by atoms with Crippen molar-refractivity contribution < 1.29 is 14.3 Å². The topological polar surface area (TPSA) is 125 Å². The first-order valence-electron chi connectivity index (χ1n) is 11.1. The zero-order valence-electron chi connectivity index (χ0n) is 19.2. The molecule has 0 radical (unpaired) electrons. The first-order valence-corrected chi connectivity index (χ1v) is 11.1. The molecule has 0 unspecified atom stereocenters. The third-order valence-corrected chi connectivity index (χ3v) is 5.18. The lowest BCUT2D eigenvalue weighted by Crippen LogP contribution is -2.18. The number of nitrogen functional groups attached to an aromatic ring is 2. The summed E-state index contributed by atoms with van der Waals surface area (Å²) in [4.78, 5) is 20.7. The molecule has 0 saturated carbocycles. The highest BCUT2D eigenvalue weighted by molar-refractivity contribution is 5.92. The molecule has 3 aromatic carbocycles. The van der Waals surface area contributed by atoms with E-state index < -0.39 is 0 Å². The number of aromatic nitrogens is 2. The van der Waals surface area contributed by atoms with Crippen LogP contribution in [-0.2, 0) is 34.1 Å². The number of benzene rings is 3. The molecular formula is C27H27N5O3. The molecular weight excluding hydrogens is 442 g/mol. The summed E-state index contributed by atoms with van der Waals surface area (Å²) in [5, 5.41) is 2.83. The third kappa shape index (κ3) is 6.86. The predicted octanol–water partition coefficient (Wildman–Crippen LogP) is 4.18. The highest BCUT2D eigenvalue weighted by Gasteiger charge is 2.14. The number of ether oxygens (including phenoxy) is 2. The van der Waals surface area contributed by atoms with E-state index in [1.807, 2.05) is 72.8 Å². The maximum Gasteiger partial charge on any atom is 0.250 e. The monoisotopic (exact) mass is 469 g/mol. The van der Waals surface area contributed by atoms with Crippen molar-refractivity contribution in [2.24, 2.45) is 0 Å². The molecule has 0 aliphatic heterocycles. The molecule has 8 nitrogen and oxygen atoms in total. The van der Waals surface area contributed by atoms with Crippen LogP contribution in [0.2, 0.25) is 0 Å². The molecule has 0 aliphatic carbocycles. The minimum Gasteiger partial charge on any atom is -0.383 e. The van der Waals surface area contributed by atoms with Gasteiger partial charge in [-0.2, -0.15) is 4.98 Å². The van der Waals surface area contributed by atoms with E-state index >= 15 is 0 Å². The van der Waals surface area contributed by atoms with Crippen LogP contribution in [0.5, 0.6) is 0 Å². The molecule has 4 rings (SSSR count). The van der Waals surface area contributed by atoms with Crippen LogP contribution in [0.15, 0.2) is 84.9 Å². The molecule has 0 saturated heterocycles. The van der Waals surface area contributed by atoms with Gasteiger partial charge < -0.3 is 26.3 Å². The van der Waals surface area contributed by atoms with Crippen LogP contribution in [0.25, 0.3) is 11.1 Å². The van der Waals surface area contributed by atoms with Crippen LogP contribution in [0, 0.1) is 0 Å². The number of anilines is 3. The fourth-order valence-electron chi connectivity index (χ4n) is 3.56. The maximum absolute atomic E-state index is 12.2. The lowest BCUT2D eigenvalue weighted by molar-refractivity contribution is -0.121. The number of nitrogens with two attached hydrogens (primary N) is 2. The summed E-state index contributed by atoms with van der Waals surface area (Å²) in [5.74, 6) is 0.116. The lowest BCUT2D eigenvalue weighted by atomic mass is 10.0. The summed E-state index contributed by atoms with van der Waals surface area (Å²) in [5.41, 5.74) is 16.7. The quantitative estimate of drug-likeness (QED) is 0.318. The second-order valence-corrected chi connectivity index (χ2v) is 7.87. The van der Waals surface area contributed by atoms with Crippen LogP contribution in [0.4, 0.5) is 17.5 Å². The fraction of sp³-hybridized carbons (Fsp3) is 0.148. The molecule has 5 N–H and O–H groups in total. The van der Waals surface area contributed by atoms with Crippen LogP contribution in [-0.4, -0.2) is 22.5 Å². The number of hydrogen-bond acceptors (Lipinski definition) is 7. The van der Waals surface area contributed by atoms with Crippen molar-refractivity contribution >= 4 is 23.4 Å². The summed E-state index contributed by atoms with van der Waals surface area (Å²) in [6, 6.07) is 26.8. The van der Waals surface area contributed by atoms with Crippen molar-refractivity contribution in [2.75, 3.05) is 23.4 Å². The van der Waals surface area contributed by atoms with Crippen molar-refractivity contribution in [2.45, 2.75) is 19.8 Å². The van der Waals surface area contributed by atoms with Gasteiger partial charge in [0.05, 0.1) is 25.5 Å². The predicted molar refractivity (Wildman–Crippen MR) is 136 cm³/mol. The molecule has 1 amide bonds. The van der Waals surface area contributed by atoms with Crippen molar-refractivity contribution in [1.82, 2.24) is 9.97 Å². The Balaban J connectivity index is 1.38. The molecule has 4 aromatic rings. The molecule has 35 heavy (non-hydrogen) atoms. The molecule has 1 heterocycles. The Kier molecular flexibility index (Phi) is 8.00. The molecule has 178 valence electrons. The molecule has 0 atom stereocenters. The minimum absolute atomic E-state index is 0.0434. The van der Waals surface area contributed by atoms with Gasteiger partial charge in [0.25, 0.3) is 0 Å². The van der Waals surface area contributed by atoms with E-state index in [4.69, 9.17) is 20.9 Å². The maximum atomic E-state index is 12.2. The van der Waals surface area contributed by atoms with Gasteiger partial charge in [0.15, 0.2) is 0 Å².